The van der Waals surface area contributed by atoms with E-state index in [0.717, 1.165) is 5.75 Å². The predicted octanol–water partition coefficient (Wildman–Crippen LogP) is 1.16. The number of para-hydroxylation sites is 1. The number of morpholine rings is 1. The molecule has 1 aliphatic rings. The van der Waals surface area contributed by atoms with Crippen LogP contribution in [-0.4, -0.2) is 54.3 Å². The van der Waals surface area contributed by atoms with Gasteiger partial charge >= 0.3 is 5.97 Å². The quantitative estimate of drug-likeness (QED) is 0.796. The summed E-state index contributed by atoms with van der Waals surface area (Å²) in [5.41, 5.74) is 0. The maximum Gasteiger partial charge on any atom is 0.334 e. The summed E-state index contributed by atoms with van der Waals surface area (Å²) in [6, 6.07) is 9.41. The average molecular weight is 293 g/mol. The summed E-state index contributed by atoms with van der Waals surface area (Å²) in [4.78, 5) is 24.4. The molecule has 0 saturated carbocycles. The third kappa shape index (κ3) is 4.75. The Labute approximate surface area is 123 Å². The van der Waals surface area contributed by atoms with Gasteiger partial charge in [0.1, 0.15) is 5.75 Å². The van der Waals surface area contributed by atoms with Crippen LogP contribution in [0.25, 0.3) is 0 Å². The Kier molecular flexibility index (Phi) is 5.57. The van der Waals surface area contributed by atoms with Crippen LogP contribution in [0.3, 0.4) is 0 Å². The van der Waals surface area contributed by atoms with Crippen molar-refractivity contribution < 1.29 is 24.2 Å². The normalized spacial score (nSPS) is 18.3. The van der Waals surface area contributed by atoms with Gasteiger partial charge in [0.15, 0.2) is 6.10 Å². The predicted molar refractivity (Wildman–Crippen MR) is 75.1 cm³/mol. The third-order valence-electron chi connectivity index (χ3n) is 3.24. The van der Waals surface area contributed by atoms with Gasteiger partial charge in [-0.1, -0.05) is 18.2 Å². The third-order valence-corrected chi connectivity index (χ3v) is 3.24. The van der Waals surface area contributed by atoms with E-state index in [1.807, 2.05) is 30.3 Å². The summed E-state index contributed by atoms with van der Waals surface area (Å²) in [5, 5.41) is 8.90. The van der Waals surface area contributed by atoms with Crippen molar-refractivity contribution in [2.75, 3.05) is 26.3 Å². The van der Waals surface area contributed by atoms with Gasteiger partial charge in [0.2, 0.25) is 5.91 Å². The van der Waals surface area contributed by atoms with Crippen molar-refractivity contribution in [3.05, 3.63) is 30.3 Å². The van der Waals surface area contributed by atoms with Gasteiger partial charge in [-0.05, 0) is 18.6 Å². The van der Waals surface area contributed by atoms with E-state index < -0.39 is 12.1 Å². The van der Waals surface area contributed by atoms with Crippen LogP contribution >= 0.6 is 0 Å². The van der Waals surface area contributed by atoms with Crippen LogP contribution in [0.4, 0.5) is 0 Å². The van der Waals surface area contributed by atoms with Crippen LogP contribution in [0.1, 0.15) is 12.8 Å². The molecule has 1 amide bonds. The zero-order valence-electron chi connectivity index (χ0n) is 11.7. The molecule has 6 nitrogen and oxygen atoms in total. The van der Waals surface area contributed by atoms with Gasteiger partial charge in [0.25, 0.3) is 0 Å². The lowest BCUT2D eigenvalue weighted by Crippen LogP contribution is -2.48. The minimum atomic E-state index is -1.03. The molecule has 0 spiro atoms. The van der Waals surface area contributed by atoms with Crippen molar-refractivity contribution in [3.63, 3.8) is 0 Å². The summed E-state index contributed by atoms with van der Waals surface area (Å²) in [6.07, 6.45) is 0.0328. The van der Waals surface area contributed by atoms with Crippen molar-refractivity contribution in [2.24, 2.45) is 0 Å². The topological polar surface area (TPSA) is 76.1 Å². The first-order valence-electron chi connectivity index (χ1n) is 6.97. The van der Waals surface area contributed by atoms with Crippen molar-refractivity contribution in [1.29, 1.82) is 0 Å². The second kappa shape index (κ2) is 7.64. The smallest absolute Gasteiger partial charge is 0.334 e. The molecule has 1 aliphatic heterocycles. The zero-order chi connectivity index (χ0) is 15.1. The van der Waals surface area contributed by atoms with Gasteiger partial charge in [-0.3, -0.25) is 4.79 Å². The fourth-order valence-corrected chi connectivity index (χ4v) is 2.11. The molecule has 0 bridgehead atoms. The van der Waals surface area contributed by atoms with Gasteiger partial charge in [-0.25, -0.2) is 4.79 Å². The van der Waals surface area contributed by atoms with E-state index in [1.54, 1.807) is 4.90 Å². The summed E-state index contributed by atoms with van der Waals surface area (Å²) in [5.74, 6) is -0.302. The molecule has 2 rings (SSSR count). The van der Waals surface area contributed by atoms with Crippen molar-refractivity contribution >= 4 is 11.9 Å². The number of hydrogen-bond donors (Lipinski definition) is 1. The summed E-state index contributed by atoms with van der Waals surface area (Å²) in [7, 11) is 0. The Morgan fingerprint density at radius 2 is 2.10 bits per heavy atom. The Balaban J connectivity index is 1.68. The van der Waals surface area contributed by atoms with Gasteiger partial charge in [0.05, 0.1) is 19.8 Å². The standard InChI is InChI=1S/C15H19NO5/c17-14(16-8-10-21-13(11-16)15(18)19)7-4-9-20-12-5-2-1-3-6-12/h1-3,5-6,13H,4,7-11H2,(H,18,19). The number of nitrogens with zero attached hydrogens (tertiary/aromatic N) is 1. The Bertz CT molecular complexity index is 476. The second-order valence-electron chi connectivity index (χ2n) is 4.80. The van der Waals surface area contributed by atoms with Gasteiger partial charge in [-0.2, -0.15) is 0 Å². The maximum atomic E-state index is 12.0. The number of carbonyl (C=O) groups excluding carboxylic acids is 1. The van der Waals surface area contributed by atoms with E-state index in [9.17, 15) is 9.59 Å². The minimum absolute atomic E-state index is 0.0544. The minimum Gasteiger partial charge on any atom is -0.494 e. The fourth-order valence-electron chi connectivity index (χ4n) is 2.11. The lowest BCUT2D eigenvalue weighted by atomic mass is 10.2. The zero-order valence-corrected chi connectivity index (χ0v) is 11.7. The highest BCUT2D eigenvalue weighted by Gasteiger charge is 2.28. The Morgan fingerprint density at radius 3 is 2.81 bits per heavy atom. The van der Waals surface area contributed by atoms with E-state index in [-0.39, 0.29) is 19.1 Å². The molecule has 21 heavy (non-hydrogen) atoms. The van der Waals surface area contributed by atoms with Gasteiger partial charge in [0, 0.05) is 13.0 Å². The fraction of sp³-hybridized carbons (Fsp3) is 0.467. The van der Waals surface area contributed by atoms with Crippen LogP contribution in [-0.2, 0) is 14.3 Å². The molecule has 1 unspecified atom stereocenters. The Morgan fingerprint density at radius 1 is 1.33 bits per heavy atom. The van der Waals surface area contributed by atoms with E-state index in [4.69, 9.17) is 14.6 Å². The molecule has 0 aromatic heterocycles. The number of carboxylic acids is 1. The van der Waals surface area contributed by atoms with Crippen molar-refractivity contribution in [1.82, 2.24) is 4.90 Å². The second-order valence-corrected chi connectivity index (χ2v) is 4.80. The molecule has 114 valence electrons. The molecule has 6 heteroatoms. The number of benzene rings is 1. The molecule has 1 aromatic carbocycles. The van der Waals surface area contributed by atoms with Crippen LogP contribution < -0.4 is 4.74 Å². The summed E-state index contributed by atoms with van der Waals surface area (Å²) < 4.78 is 10.6. The largest absolute Gasteiger partial charge is 0.494 e. The maximum absolute atomic E-state index is 12.0. The van der Waals surface area contributed by atoms with Crippen LogP contribution in [0.2, 0.25) is 0 Å². The average Bonchev–Trinajstić information content (AvgIpc) is 2.52. The first-order chi connectivity index (χ1) is 10.2. The number of hydrogen-bond acceptors (Lipinski definition) is 4. The Hall–Kier alpha value is -2.08. The molecule has 1 heterocycles. The molecule has 0 aliphatic carbocycles. The number of ether oxygens (including phenoxy) is 2. The molecular weight excluding hydrogens is 274 g/mol. The first-order valence-corrected chi connectivity index (χ1v) is 6.97. The van der Waals surface area contributed by atoms with E-state index >= 15 is 0 Å². The number of carbonyl (C=O) groups is 2. The molecule has 1 saturated heterocycles. The highest BCUT2D eigenvalue weighted by Crippen LogP contribution is 2.11. The molecule has 1 fully saturated rings. The highest BCUT2D eigenvalue weighted by molar-refractivity contribution is 5.78. The number of rotatable bonds is 6. The molecule has 0 radical (unpaired) electrons. The number of carboxylic acid groups (broad SMARTS) is 1. The highest BCUT2D eigenvalue weighted by atomic mass is 16.5. The molecule has 1 atom stereocenters. The van der Waals surface area contributed by atoms with Crippen LogP contribution in [0, 0.1) is 0 Å². The number of aliphatic carboxylic acids is 1. The van der Waals surface area contributed by atoms with Crippen LogP contribution in [0.15, 0.2) is 30.3 Å². The molecule has 1 aromatic rings. The van der Waals surface area contributed by atoms with Gasteiger partial charge in [-0.15, -0.1) is 0 Å². The molecule has 1 N–H and O–H groups in total. The summed E-state index contributed by atoms with van der Waals surface area (Å²) in [6.45, 7) is 1.29. The monoisotopic (exact) mass is 293 g/mol. The lowest BCUT2D eigenvalue weighted by molar-refractivity contribution is -0.159. The van der Waals surface area contributed by atoms with E-state index in [0.29, 0.717) is 26.0 Å². The van der Waals surface area contributed by atoms with E-state index in [1.165, 1.54) is 0 Å². The van der Waals surface area contributed by atoms with Crippen molar-refractivity contribution in [2.45, 2.75) is 18.9 Å². The lowest BCUT2D eigenvalue weighted by Gasteiger charge is -2.30. The van der Waals surface area contributed by atoms with E-state index in [2.05, 4.69) is 0 Å². The summed E-state index contributed by atoms with van der Waals surface area (Å²) >= 11 is 0. The first kappa shape index (κ1) is 15.3. The van der Waals surface area contributed by atoms with Crippen molar-refractivity contribution in [3.8, 4) is 5.75 Å². The number of amides is 1. The molecular formula is C15H19NO5. The van der Waals surface area contributed by atoms with Crippen LogP contribution in [0.5, 0.6) is 5.75 Å². The SMILES string of the molecule is O=C(O)C1CN(C(=O)CCCOc2ccccc2)CCO1. The van der Waals surface area contributed by atoms with Gasteiger partial charge < -0.3 is 19.5 Å².